The molecule has 0 saturated carbocycles. The number of hydrogen-bond donors (Lipinski definition) is 1. The van der Waals surface area contributed by atoms with Gasteiger partial charge in [0.15, 0.2) is 5.15 Å². The smallest absolute Gasteiger partial charge is 0.374 e. The van der Waals surface area contributed by atoms with Gasteiger partial charge in [-0.1, -0.05) is 36.5 Å². The van der Waals surface area contributed by atoms with Crippen molar-refractivity contribution in [1.29, 1.82) is 0 Å². The van der Waals surface area contributed by atoms with Crippen LogP contribution in [0.15, 0.2) is 0 Å². The third-order valence-corrected chi connectivity index (χ3v) is 2.56. The van der Waals surface area contributed by atoms with E-state index in [9.17, 15) is 4.79 Å². The molecule has 1 rings (SSSR count). The fourth-order valence-electron chi connectivity index (χ4n) is 1.04. The fraction of sp³-hybridized carbons (Fsp3) is 0.600. The van der Waals surface area contributed by atoms with Crippen molar-refractivity contribution in [2.45, 2.75) is 19.8 Å². The maximum Gasteiger partial charge on any atom is 0.374 e. The number of carbonyl (C=O) groups is 1. The van der Waals surface area contributed by atoms with Crippen molar-refractivity contribution in [3.63, 3.8) is 0 Å². The van der Waals surface area contributed by atoms with Crippen molar-refractivity contribution in [2.75, 3.05) is 19.8 Å². The first kappa shape index (κ1) is 14.3. The standard InChI is InChI=1S/C10H14Cl2N2O3/c1-2-3-4-16-5-6-17-10(15)9-13-7(11)8(12)14-9/h2-6H2,1H3,(H,13,14). The van der Waals surface area contributed by atoms with Gasteiger partial charge in [-0.15, -0.1) is 0 Å². The van der Waals surface area contributed by atoms with Crippen molar-refractivity contribution in [3.05, 3.63) is 16.1 Å². The van der Waals surface area contributed by atoms with E-state index in [1.165, 1.54) is 0 Å². The van der Waals surface area contributed by atoms with Crippen LogP contribution in [0.5, 0.6) is 0 Å². The molecule has 0 radical (unpaired) electrons. The van der Waals surface area contributed by atoms with Gasteiger partial charge in [0.25, 0.3) is 0 Å². The summed E-state index contributed by atoms with van der Waals surface area (Å²) >= 11 is 11.2. The number of esters is 1. The van der Waals surface area contributed by atoms with Gasteiger partial charge in [0.1, 0.15) is 11.8 Å². The first-order chi connectivity index (χ1) is 8.15. The number of aromatic nitrogens is 2. The van der Waals surface area contributed by atoms with Gasteiger partial charge in [0.2, 0.25) is 5.82 Å². The summed E-state index contributed by atoms with van der Waals surface area (Å²) in [6, 6.07) is 0. The van der Waals surface area contributed by atoms with Gasteiger partial charge in [-0.3, -0.25) is 0 Å². The predicted molar refractivity (Wildman–Crippen MR) is 64.6 cm³/mol. The monoisotopic (exact) mass is 280 g/mol. The highest BCUT2D eigenvalue weighted by molar-refractivity contribution is 6.40. The summed E-state index contributed by atoms with van der Waals surface area (Å²) < 4.78 is 10.1. The van der Waals surface area contributed by atoms with E-state index in [2.05, 4.69) is 16.9 Å². The first-order valence-corrected chi connectivity index (χ1v) is 6.06. The minimum Gasteiger partial charge on any atom is -0.457 e. The van der Waals surface area contributed by atoms with Crippen LogP contribution in [0.2, 0.25) is 10.3 Å². The van der Waals surface area contributed by atoms with E-state index in [0.717, 1.165) is 12.8 Å². The lowest BCUT2D eigenvalue weighted by Gasteiger charge is -2.03. The molecule has 96 valence electrons. The van der Waals surface area contributed by atoms with Crippen molar-refractivity contribution in [3.8, 4) is 0 Å². The van der Waals surface area contributed by atoms with E-state index in [1.54, 1.807) is 0 Å². The van der Waals surface area contributed by atoms with E-state index in [1.807, 2.05) is 0 Å². The second kappa shape index (κ2) is 7.53. The van der Waals surface area contributed by atoms with E-state index in [0.29, 0.717) is 13.2 Å². The average Bonchev–Trinajstić information content (AvgIpc) is 2.64. The normalized spacial score (nSPS) is 10.5. The Morgan fingerprint density at radius 3 is 2.71 bits per heavy atom. The molecule has 0 amide bonds. The van der Waals surface area contributed by atoms with Gasteiger partial charge in [0, 0.05) is 6.61 Å². The van der Waals surface area contributed by atoms with Gasteiger partial charge in [-0.05, 0) is 6.42 Å². The van der Waals surface area contributed by atoms with Crippen LogP contribution in [0.4, 0.5) is 0 Å². The zero-order valence-corrected chi connectivity index (χ0v) is 11.0. The largest absolute Gasteiger partial charge is 0.457 e. The lowest BCUT2D eigenvalue weighted by molar-refractivity contribution is 0.0303. The molecule has 1 aromatic heterocycles. The lowest BCUT2D eigenvalue weighted by atomic mass is 10.4. The Kier molecular flexibility index (Phi) is 6.32. The molecular formula is C10H14Cl2N2O3. The Hall–Kier alpha value is -0.780. The molecule has 0 aromatic carbocycles. The topological polar surface area (TPSA) is 64.2 Å². The Labute approximate surface area is 109 Å². The second-order valence-electron chi connectivity index (χ2n) is 3.29. The minimum absolute atomic E-state index is 0.00596. The van der Waals surface area contributed by atoms with Gasteiger partial charge >= 0.3 is 5.97 Å². The number of imidazole rings is 1. The number of carbonyl (C=O) groups excluding carboxylic acids is 1. The number of nitrogens with zero attached hydrogens (tertiary/aromatic N) is 1. The fourth-order valence-corrected chi connectivity index (χ4v) is 1.30. The summed E-state index contributed by atoms with van der Waals surface area (Å²) in [5.41, 5.74) is 0. The maximum absolute atomic E-state index is 11.4. The molecule has 0 unspecified atom stereocenters. The van der Waals surface area contributed by atoms with Crippen molar-refractivity contribution < 1.29 is 14.3 Å². The third-order valence-electron chi connectivity index (χ3n) is 1.92. The summed E-state index contributed by atoms with van der Waals surface area (Å²) in [6.07, 6.45) is 2.07. The molecule has 0 aliphatic carbocycles. The molecule has 0 atom stereocenters. The highest BCUT2D eigenvalue weighted by atomic mass is 35.5. The Morgan fingerprint density at radius 1 is 1.35 bits per heavy atom. The van der Waals surface area contributed by atoms with Crippen LogP contribution in [0.3, 0.4) is 0 Å². The van der Waals surface area contributed by atoms with Gasteiger partial charge in [-0.2, -0.15) is 0 Å². The number of hydrogen-bond acceptors (Lipinski definition) is 4. The highest BCUT2D eigenvalue weighted by Crippen LogP contribution is 2.17. The van der Waals surface area contributed by atoms with Gasteiger partial charge in [-0.25, -0.2) is 9.78 Å². The molecule has 0 bridgehead atoms. The molecule has 1 aromatic rings. The number of rotatable bonds is 7. The summed E-state index contributed by atoms with van der Waals surface area (Å²) in [5.74, 6) is -0.605. The number of unbranched alkanes of at least 4 members (excludes halogenated alkanes) is 1. The molecule has 1 N–H and O–H groups in total. The summed E-state index contributed by atoms with van der Waals surface area (Å²) in [6.45, 7) is 3.30. The van der Waals surface area contributed by atoms with Crippen LogP contribution in [0.1, 0.15) is 30.4 Å². The van der Waals surface area contributed by atoms with Crippen LogP contribution >= 0.6 is 23.2 Å². The summed E-state index contributed by atoms with van der Waals surface area (Å²) in [7, 11) is 0. The molecule has 5 nitrogen and oxygen atoms in total. The van der Waals surface area contributed by atoms with Crippen molar-refractivity contribution >= 4 is 29.2 Å². The van der Waals surface area contributed by atoms with Crippen LogP contribution < -0.4 is 0 Å². The molecule has 17 heavy (non-hydrogen) atoms. The number of ether oxygens (including phenoxy) is 2. The van der Waals surface area contributed by atoms with E-state index in [-0.39, 0.29) is 22.7 Å². The van der Waals surface area contributed by atoms with Gasteiger partial charge in [0.05, 0.1) is 6.61 Å². The molecule has 0 aliphatic rings. The molecule has 0 saturated heterocycles. The zero-order valence-electron chi connectivity index (χ0n) is 9.46. The number of nitrogens with one attached hydrogen (secondary N) is 1. The number of aromatic amines is 1. The minimum atomic E-state index is -0.599. The van der Waals surface area contributed by atoms with E-state index in [4.69, 9.17) is 32.7 Å². The number of halogens is 2. The van der Waals surface area contributed by atoms with E-state index >= 15 is 0 Å². The van der Waals surface area contributed by atoms with Crippen LogP contribution in [-0.4, -0.2) is 35.8 Å². The summed E-state index contributed by atoms with van der Waals surface area (Å²) in [4.78, 5) is 17.6. The third kappa shape index (κ3) is 4.93. The molecule has 7 heteroatoms. The molecular weight excluding hydrogens is 267 g/mol. The Morgan fingerprint density at radius 2 is 2.12 bits per heavy atom. The van der Waals surface area contributed by atoms with Crippen molar-refractivity contribution in [1.82, 2.24) is 9.97 Å². The Balaban J connectivity index is 2.21. The number of H-pyrrole nitrogens is 1. The van der Waals surface area contributed by atoms with Crippen molar-refractivity contribution in [2.24, 2.45) is 0 Å². The predicted octanol–water partition coefficient (Wildman–Crippen LogP) is 2.69. The molecule has 0 fully saturated rings. The van der Waals surface area contributed by atoms with Crippen LogP contribution in [0, 0.1) is 0 Å². The van der Waals surface area contributed by atoms with Crippen LogP contribution in [-0.2, 0) is 9.47 Å². The first-order valence-electron chi connectivity index (χ1n) is 5.31. The Bertz CT molecular complexity index is 349. The highest BCUT2D eigenvalue weighted by Gasteiger charge is 2.14. The molecule has 0 spiro atoms. The second-order valence-corrected chi connectivity index (χ2v) is 4.03. The molecule has 0 aliphatic heterocycles. The van der Waals surface area contributed by atoms with E-state index < -0.39 is 5.97 Å². The quantitative estimate of drug-likeness (QED) is 0.616. The lowest BCUT2D eigenvalue weighted by Crippen LogP contribution is -2.12. The average molecular weight is 281 g/mol. The van der Waals surface area contributed by atoms with Crippen LogP contribution in [0.25, 0.3) is 0 Å². The molecule has 1 heterocycles. The maximum atomic E-state index is 11.4. The SMILES string of the molecule is CCCCOCCOC(=O)c1nc(Cl)c(Cl)[nH]1. The summed E-state index contributed by atoms with van der Waals surface area (Å²) in [5, 5.41) is 0.177. The van der Waals surface area contributed by atoms with Gasteiger partial charge < -0.3 is 14.5 Å². The zero-order chi connectivity index (χ0) is 12.7.